The summed E-state index contributed by atoms with van der Waals surface area (Å²) in [7, 11) is 0. The van der Waals surface area contributed by atoms with Gasteiger partial charge in [0.25, 0.3) is 0 Å². The molecule has 2 aromatic rings. The van der Waals surface area contributed by atoms with Crippen LogP contribution < -0.4 is 5.32 Å². The standard InChI is InChI=1S/C16H17N5O3/c22-15-17-6-7-21(15)16(23)20-8-12(11-4-2-1-3-5-11)13(9-20)14-18-10-24-19-14/h1-5,10,12-13H,6-9H2,(H,17,22). The lowest BCUT2D eigenvalue weighted by Gasteiger charge is -2.21. The Labute approximate surface area is 138 Å². The summed E-state index contributed by atoms with van der Waals surface area (Å²) in [4.78, 5) is 31.6. The average molecular weight is 327 g/mol. The second-order valence-electron chi connectivity index (χ2n) is 5.98. The van der Waals surface area contributed by atoms with Crippen molar-refractivity contribution < 1.29 is 14.1 Å². The third-order valence-corrected chi connectivity index (χ3v) is 4.62. The van der Waals surface area contributed by atoms with Gasteiger partial charge < -0.3 is 14.7 Å². The quantitative estimate of drug-likeness (QED) is 0.900. The van der Waals surface area contributed by atoms with E-state index in [9.17, 15) is 9.59 Å². The fourth-order valence-electron chi connectivity index (χ4n) is 3.43. The first-order chi connectivity index (χ1) is 11.7. The molecule has 8 nitrogen and oxygen atoms in total. The van der Waals surface area contributed by atoms with Crippen LogP contribution in [0.15, 0.2) is 41.2 Å². The van der Waals surface area contributed by atoms with Gasteiger partial charge in [0.2, 0.25) is 6.39 Å². The Kier molecular flexibility index (Phi) is 3.64. The molecule has 2 fully saturated rings. The van der Waals surface area contributed by atoms with Crippen LogP contribution in [0.3, 0.4) is 0 Å². The fourth-order valence-corrected chi connectivity index (χ4v) is 3.43. The fraction of sp³-hybridized carbons (Fsp3) is 0.375. The van der Waals surface area contributed by atoms with Crippen LogP contribution in [0.5, 0.6) is 0 Å². The first kappa shape index (κ1) is 14.7. The van der Waals surface area contributed by atoms with Crippen molar-refractivity contribution in [1.82, 2.24) is 25.3 Å². The Morgan fingerprint density at radius 2 is 2.00 bits per heavy atom. The summed E-state index contributed by atoms with van der Waals surface area (Å²) in [6.07, 6.45) is 1.30. The van der Waals surface area contributed by atoms with Crippen molar-refractivity contribution >= 4 is 12.1 Å². The Hall–Kier alpha value is -2.90. The maximum Gasteiger partial charge on any atom is 0.328 e. The highest BCUT2D eigenvalue weighted by Gasteiger charge is 2.42. The summed E-state index contributed by atoms with van der Waals surface area (Å²) in [6, 6.07) is 9.38. The number of imide groups is 1. The smallest absolute Gasteiger partial charge is 0.328 e. The maximum atomic E-state index is 12.7. The minimum absolute atomic E-state index is 0.0548. The zero-order valence-electron chi connectivity index (χ0n) is 13.0. The highest BCUT2D eigenvalue weighted by atomic mass is 16.5. The van der Waals surface area contributed by atoms with E-state index < -0.39 is 0 Å². The highest BCUT2D eigenvalue weighted by Crippen LogP contribution is 2.38. The predicted octanol–water partition coefficient (Wildman–Crippen LogP) is 1.40. The predicted molar refractivity (Wildman–Crippen MR) is 83.3 cm³/mol. The van der Waals surface area contributed by atoms with Crippen LogP contribution in [-0.2, 0) is 0 Å². The number of carbonyl (C=O) groups is 2. The van der Waals surface area contributed by atoms with Crippen LogP contribution in [-0.4, -0.2) is 58.2 Å². The molecule has 1 aromatic heterocycles. The van der Waals surface area contributed by atoms with E-state index in [1.807, 2.05) is 30.3 Å². The lowest BCUT2D eigenvalue weighted by Crippen LogP contribution is -2.43. The SMILES string of the molecule is O=C1NCCN1C(=O)N1CC(c2ccccc2)C(c2ncon2)C1. The second kappa shape index (κ2) is 5.95. The lowest BCUT2D eigenvalue weighted by molar-refractivity contribution is 0.171. The molecule has 0 saturated carbocycles. The van der Waals surface area contributed by atoms with E-state index in [1.54, 1.807) is 4.90 Å². The molecular weight excluding hydrogens is 310 g/mol. The first-order valence-electron chi connectivity index (χ1n) is 7.89. The molecule has 0 aliphatic carbocycles. The molecule has 2 aliphatic heterocycles. The van der Waals surface area contributed by atoms with E-state index in [2.05, 4.69) is 15.5 Å². The van der Waals surface area contributed by atoms with Crippen LogP contribution in [0.1, 0.15) is 23.2 Å². The molecule has 0 spiro atoms. The molecule has 4 rings (SSSR count). The minimum atomic E-state index is -0.334. The van der Waals surface area contributed by atoms with Crippen LogP contribution in [0.25, 0.3) is 0 Å². The molecule has 2 saturated heterocycles. The molecule has 4 amide bonds. The number of hydrogen-bond donors (Lipinski definition) is 1. The number of rotatable bonds is 2. The molecule has 2 unspecified atom stereocenters. The summed E-state index contributed by atoms with van der Waals surface area (Å²) >= 11 is 0. The van der Waals surface area contributed by atoms with Crippen LogP contribution in [0, 0.1) is 0 Å². The van der Waals surface area contributed by atoms with E-state index >= 15 is 0 Å². The van der Waals surface area contributed by atoms with Gasteiger partial charge in [0.1, 0.15) is 0 Å². The van der Waals surface area contributed by atoms with Gasteiger partial charge in [0.15, 0.2) is 5.82 Å². The molecule has 24 heavy (non-hydrogen) atoms. The molecule has 0 radical (unpaired) electrons. The van der Waals surface area contributed by atoms with Crippen molar-refractivity contribution in [2.45, 2.75) is 11.8 Å². The molecule has 8 heteroatoms. The zero-order valence-corrected chi connectivity index (χ0v) is 13.0. The van der Waals surface area contributed by atoms with Crippen LogP contribution in [0.2, 0.25) is 0 Å². The van der Waals surface area contributed by atoms with E-state index in [-0.39, 0.29) is 23.9 Å². The Morgan fingerprint density at radius 3 is 2.67 bits per heavy atom. The molecule has 124 valence electrons. The zero-order chi connectivity index (χ0) is 16.5. The van der Waals surface area contributed by atoms with Gasteiger partial charge in [-0.3, -0.25) is 0 Å². The van der Waals surface area contributed by atoms with Crippen LogP contribution >= 0.6 is 0 Å². The Bertz CT molecular complexity index is 733. The third kappa shape index (κ3) is 2.49. The number of nitrogens with zero attached hydrogens (tertiary/aromatic N) is 4. The van der Waals surface area contributed by atoms with Crippen molar-refractivity contribution in [1.29, 1.82) is 0 Å². The topological polar surface area (TPSA) is 91.6 Å². The monoisotopic (exact) mass is 327 g/mol. The first-order valence-corrected chi connectivity index (χ1v) is 7.89. The van der Waals surface area contributed by atoms with E-state index in [1.165, 1.54) is 11.3 Å². The van der Waals surface area contributed by atoms with Gasteiger partial charge in [-0.2, -0.15) is 4.98 Å². The van der Waals surface area contributed by atoms with Crippen molar-refractivity contribution in [2.75, 3.05) is 26.2 Å². The van der Waals surface area contributed by atoms with Crippen molar-refractivity contribution in [2.24, 2.45) is 0 Å². The number of carbonyl (C=O) groups excluding carboxylic acids is 2. The molecular formula is C16H17N5O3. The summed E-state index contributed by atoms with van der Waals surface area (Å²) < 4.78 is 4.88. The van der Waals surface area contributed by atoms with E-state index in [4.69, 9.17) is 4.52 Å². The summed E-state index contributed by atoms with van der Waals surface area (Å²) in [5, 5.41) is 6.62. The number of benzene rings is 1. The summed E-state index contributed by atoms with van der Waals surface area (Å²) in [5.74, 6) is 0.601. The van der Waals surface area contributed by atoms with Gasteiger partial charge in [-0.1, -0.05) is 35.5 Å². The normalized spacial score (nSPS) is 23.6. The number of nitrogens with one attached hydrogen (secondary N) is 1. The van der Waals surface area contributed by atoms with Crippen molar-refractivity contribution in [3.05, 3.63) is 48.1 Å². The molecule has 3 heterocycles. The molecule has 1 N–H and O–H groups in total. The number of aromatic nitrogens is 2. The average Bonchev–Trinajstić information content (AvgIpc) is 3.35. The van der Waals surface area contributed by atoms with Crippen LogP contribution in [0.4, 0.5) is 9.59 Å². The van der Waals surface area contributed by atoms with E-state index in [0.29, 0.717) is 32.0 Å². The largest absolute Gasteiger partial charge is 0.343 e. The summed E-state index contributed by atoms with van der Waals surface area (Å²) in [5.41, 5.74) is 1.12. The Morgan fingerprint density at radius 1 is 1.21 bits per heavy atom. The van der Waals surface area contributed by atoms with Gasteiger partial charge in [0.05, 0.1) is 0 Å². The highest BCUT2D eigenvalue weighted by molar-refractivity contribution is 5.95. The van der Waals surface area contributed by atoms with Gasteiger partial charge in [-0.15, -0.1) is 0 Å². The molecule has 0 bridgehead atoms. The minimum Gasteiger partial charge on any atom is -0.343 e. The number of likely N-dealkylation sites (tertiary alicyclic amines) is 1. The summed E-state index contributed by atoms with van der Waals surface area (Å²) in [6.45, 7) is 1.87. The van der Waals surface area contributed by atoms with E-state index in [0.717, 1.165) is 5.56 Å². The molecule has 2 atom stereocenters. The van der Waals surface area contributed by atoms with Crippen molar-refractivity contribution in [3.8, 4) is 0 Å². The number of amides is 4. The van der Waals surface area contributed by atoms with Gasteiger partial charge in [-0.25, -0.2) is 14.5 Å². The third-order valence-electron chi connectivity index (χ3n) is 4.62. The second-order valence-corrected chi connectivity index (χ2v) is 5.98. The van der Waals surface area contributed by atoms with Crippen molar-refractivity contribution in [3.63, 3.8) is 0 Å². The molecule has 1 aromatic carbocycles. The lowest BCUT2D eigenvalue weighted by atomic mass is 9.88. The van der Waals surface area contributed by atoms with Gasteiger partial charge in [-0.05, 0) is 5.56 Å². The Balaban J connectivity index is 1.61. The molecule has 2 aliphatic rings. The number of urea groups is 2. The van der Waals surface area contributed by atoms with Gasteiger partial charge in [0, 0.05) is 38.0 Å². The van der Waals surface area contributed by atoms with Gasteiger partial charge >= 0.3 is 12.1 Å². The maximum absolute atomic E-state index is 12.7. The number of hydrogen-bond acceptors (Lipinski definition) is 5.